The zero-order valence-electron chi connectivity index (χ0n) is 16.5. The quantitative estimate of drug-likeness (QED) is 0.734. The van der Waals surface area contributed by atoms with Gasteiger partial charge in [-0.25, -0.2) is 0 Å². The van der Waals surface area contributed by atoms with Gasteiger partial charge in [0.25, 0.3) is 5.91 Å². The fourth-order valence-corrected chi connectivity index (χ4v) is 4.10. The SMILES string of the molecule is CCc1ccccc1N1C[C@H](C(=O)OCC(=O)N2CCc3ccccc32)CC1=O. The first-order valence-corrected chi connectivity index (χ1v) is 10.0. The highest BCUT2D eigenvalue weighted by molar-refractivity contribution is 6.01. The van der Waals surface area contributed by atoms with Crippen LogP contribution in [0.2, 0.25) is 0 Å². The Kier molecular flexibility index (Phi) is 5.34. The van der Waals surface area contributed by atoms with Crippen molar-refractivity contribution in [2.75, 3.05) is 29.5 Å². The van der Waals surface area contributed by atoms with E-state index >= 15 is 0 Å². The summed E-state index contributed by atoms with van der Waals surface area (Å²) < 4.78 is 5.30. The Balaban J connectivity index is 1.36. The molecule has 2 heterocycles. The summed E-state index contributed by atoms with van der Waals surface area (Å²) in [5.74, 6) is -1.37. The average Bonchev–Trinajstić information content (AvgIpc) is 3.35. The number of nitrogens with zero attached hydrogens (tertiary/aromatic N) is 2. The van der Waals surface area contributed by atoms with Crippen LogP contribution in [0.4, 0.5) is 11.4 Å². The second-order valence-corrected chi connectivity index (χ2v) is 7.42. The minimum atomic E-state index is -0.550. The van der Waals surface area contributed by atoms with Gasteiger partial charge in [0.05, 0.1) is 5.92 Å². The Hall–Kier alpha value is -3.15. The van der Waals surface area contributed by atoms with Crippen molar-refractivity contribution in [1.82, 2.24) is 0 Å². The molecular formula is C23H24N2O4. The van der Waals surface area contributed by atoms with Crippen LogP contribution in [-0.4, -0.2) is 37.5 Å². The highest BCUT2D eigenvalue weighted by atomic mass is 16.5. The molecule has 0 unspecified atom stereocenters. The van der Waals surface area contributed by atoms with Gasteiger partial charge in [0, 0.05) is 30.9 Å². The molecule has 0 bridgehead atoms. The number of fused-ring (bicyclic) bond motifs is 1. The number of anilines is 2. The van der Waals surface area contributed by atoms with Crippen molar-refractivity contribution >= 4 is 29.2 Å². The van der Waals surface area contributed by atoms with Gasteiger partial charge in [0.1, 0.15) is 0 Å². The van der Waals surface area contributed by atoms with Crippen LogP contribution in [0.3, 0.4) is 0 Å². The predicted molar refractivity (Wildman–Crippen MR) is 110 cm³/mol. The lowest BCUT2D eigenvalue weighted by Gasteiger charge is -2.20. The molecule has 29 heavy (non-hydrogen) atoms. The summed E-state index contributed by atoms with van der Waals surface area (Å²) in [4.78, 5) is 40.8. The highest BCUT2D eigenvalue weighted by Gasteiger charge is 2.37. The van der Waals surface area contributed by atoms with Gasteiger partial charge < -0.3 is 14.5 Å². The zero-order valence-corrected chi connectivity index (χ0v) is 16.5. The number of para-hydroxylation sites is 2. The molecule has 2 aliphatic heterocycles. The van der Waals surface area contributed by atoms with Crippen molar-refractivity contribution in [2.45, 2.75) is 26.2 Å². The number of aryl methyl sites for hydroxylation is 1. The van der Waals surface area contributed by atoms with Gasteiger partial charge in [-0.1, -0.05) is 43.3 Å². The number of esters is 1. The van der Waals surface area contributed by atoms with Crippen LogP contribution in [0.5, 0.6) is 0 Å². The largest absolute Gasteiger partial charge is 0.455 e. The smallest absolute Gasteiger partial charge is 0.311 e. The summed E-state index contributed by atoms with van der Waals surface area (Å²) in [7, 11) is 0. The van der Waals surface area contributed by atoms with E-state index in [2.05, 4.69) is 0 Å². The normalized spacial score (nSPS) is 18.1. The van der Waals surface area contributed by atoms with E-state index in [4.69, 9.17) is 4.74 Å². The second-order valence-electron chi connectivity index (χ2n) is 7.42. The van der Waals surface area contributed by atoms with E-state index in [0.29, 0.717) is 6.54 Å². The molecule has 0 N–H and O–H groups in total. The van der Waals surface area contributed by atoms with Crippen molar-refractivity contribution in [3.63, 3.8) is 0 Å². The van der Waals surface area contributed by atoms with E-state index in [1.807, 2.05) is 55.5 Å². The zero-order chi connectivity index (χ0) is 20.4. The molecule has 2 amide bonds. The van der Waals surface area contributed by atoms with E-state index in [1.54, 1.807) is 9.80 Å². The molecule has 6 nitrogen and oxygen atoms in total. The number of benzene rings is 2. The minimum absolute atomic E-state index is 0.0901. The molecule has 1 saturated heterocycles. The molecule has 2 aromatic rings. The third-order valence-electron chi connectivity index (χ3n) is 5.65. The van der Waals surface area contributed by atoms with Crippen molar-refractivity contribution in [3.05, 3.63) is 59.7 Å². The maximum Gasteiger partial charge on any atom is 0.311 e. The summed E-state index contributed by atoms with van der Waals surface area (Å²) in [6.45, 7) is 2.62. The standard InChI is InChI=1S/C23H24N2O4/c1-2-16-7-3-5-9-19(16)25-14-18(13-21(25)26)23(28)29-15-22(27)24-12-11-17-8-4-6-10-20(17)24/h3-10,18H,2,11-15H2,1H3/t18-/m1/s1. The topological polar surface area (TPSA) is 66.9 Å². The molecule has 0 spiro atoms. The first-order chi connectivity index (χ1) is 14.1. The van der Waals surface area contributed by atoms with Crippen molar-refractivity contribution in [3.8, 4) is 0 Å². The maximum atomic E-state index is 12.5. The monoisotopic (exact) mass is 392 g/mol. The van der Waals surface area contributed by atoms with E-state index in [1.165, 1.54) is 0 Å². The molecule has 4 rings (SSSR count). The van der Waals surface area contributed by atoms with Gasteiger partial charge in [-0.3, -0.25) is 14.4 Å². The highest BCUT2D eigenvalue weighted by Crippen LogP contribution is 2.30. The first-order valence-electron chi connectivity index (χ1n) is 10.0. The fraction of sp³-hybridized carbons (Fsp3) is 0.348. The number of carbonyl (C=O) groups excluding carboxylic acids is 3. The number of ether oxygens (including phenoxy) is 1. The summed E-state index contributed by atoms with van der Waals surface area (Å²) in [6.07, 6.45) is 1.72. The van der Waals surface area contributed by atoms with Crippen LogP contribution >= 0.6 is 0 Å². The van der Waals surface area contributed by atoms with Crippen LogP contribution in [0.15, 0.2) is 48.5 Å². The average molecular weight is 392 g/mol. The van der Waals surface area contributed by atoms with E-state index < -0.39 is 11.9 Å². The molecule has 0 radical (unpaired) electrons. The Labute approximate surface area is 170 Å². The number of hydrogen-bond acceptors (Lipinski definition) is 4. The molecular weight excluding hydrogens is 368 g/mol. The number of hydrogen-bond donors (Lipinski definition) is 0. The second kappa shape index (κ2) is 8.07. The Morgan fingerprint density at radius 2 is 1.79 bits per heavy atom. The third-order valence-corrected chi connectivity index (χ3v) is 5.65. The molecule has 6 heteroatoms. The van der Waals surface area contributed by atoms with Crippen LogP contribution in [0, 0.1) is 5.92 Å². The maximum absolute atomic E-state index is 12.5. The summed E-state index contributed by atoms with van der Waals surface area (Å²) >= 11 is 0. The molecule has 1 fully saturated rings. The third kappa shape index (κ3) is 3.75. The van der Waals surface area contributed by atoms with E-state index in [0.717, 1.165) is 35.3 Å². The van der Waals surface area contributed by atoms with Crippen molar-refractivity contribution < 1.29 is 19.1 Å². The lowest BCUT2D eigenvalue weighted by Crippen LogP contribution is -2.34. The van der Waals surface area contributed by atoms with Gasteiger partial charge >= 0.3 is 5.97 Å². The molecule has 0 saturated carbocycles. The van der Waals surface area contributed by atoms with Gasteiger partial charge in [0.2, 0.25) is 5.91 Å². The molecule has 0 aromatic heterocycles. The van der Waals surface area contributed by atoms with Gasteiger partial charge in [-0.15, -0.1) is 0 Å². The molecule has 0 aliphatic carbocycles. The number of rotatable bonds is 5. The Morgan fingerprint density at radius 1 is 1.07 bits per heavy atom. The van der Waals surface area contributed by atoms with Crippen LogP contribution in [-0.2, 0) is 32.0 Å². The lowest BCUT2D eigenvalue weighted by atomic mass is 10.1. The summed E-state index contributed by atoms with van der Waals surface area (Å²) in [5, 5.41) is 0. The van der Waals surface area contributed by atoms with E-state index in [9.17, 15) is 14.4 Å². The van der Waals surface area contributed by atoms with Gasteiger partial charge in [-0.05, 0) is 36.1 Å². The Morgan fingerprint density at radius 3 is 2.59 bits per heavy atom. The molecule has 2 aliphatic rings. The Bertz CT molecular complexity index is 955. The predicted octanol–water partition coefficient (Wildman–Crippen LogP) is 2.73. The lowest BCUT2D eigenvalue weighted by molar-refractivity contribution is -0.151. The van der Waals surface area contributed by atoms with Crippen LogP contribution in [0.25, 0.3) is 0 Å². The van der Waals surface area contributed by atoms with Crippen molar-refractivity contribution in [2.24, 2.45) is 5.92 Å². The van der Waals surface area contributed by atoms with Crippen LogP contribution < -0.4 is 9.80 Å². The van der Waals surface area contributed by atoms with E-state index in [-0.39, 0.29) is 31.4 Å². The van der Waals surface area contributed by atoms with Crippen molar-refractivity contribution in [1.29, 1.82) is 0 Å². The van der Waals surface area contributed by atoms with Crippen LogP contribution in [0.1, 0.15) is 24.5 Å². The van der Waals surface area contributed by atoms with Gasteiger partial charge in [-0.2, -0.15) is 0 Å². The minimum Gasteiger partial charge on any atom is -0.455 e. The summed E-state index contributed by atoms with van der Waals surface area (Å²) in [5.41, 5.74) is 3.92. The fourth-order valence-electron chi connectivity index (χ4n) is 4.10. The first kappa shape index (κ1) is 19.2. The molecule has 1 atom stereocenters. The summed E-state index contributed by atoms with van der Waals surface area (Å²) in [6, 6.07) is 15.5. The number of carbonyl (C=O) groups is 3. The molecule has 150 valence electrons. The molecule has 2 aromatic carbocycles. The number of amides is 2. The van der Waals surface area contributed by atoms with Gasteiger partial charge in [0.15, 0.2) is 6.61 Å².